The Balaban J connectivity index is 1.59. The highest BCUT2D eigenvalue weighted by Crippen LogP contribution is 2.31. The summed E-state index contributed by atoms with van der Waals surface area (Å²) in [5, 5.41) is 7.29. The summed E-state index contributed by atoms with van der Waals surface area (Å²) in [5.74, 6) is 3.18. The van der Waals surface area contributed by atoms with Gasteiger partial charge in [0.2, 0.25) is 0 Å². The van der Waals surface area contributed by atoms with Crippen molar-refractivity contribution >= 4 is 5.96 Å². The van der Waals surface area contributed by atoms with E-state index in [9.17, 15) is 0 Å². The molecule has 1 aromatic heterocycles. The molecule has 1 aliphatic heterocycles. The zero-order valence-corrected chi connectivity index (χ0v) is 14.9. The van der Waals surface area contributed by atoms with Crippen LogP contribution in [0.15, 0.2) is 33.8 Å². The van der Waals surface area contributed by atoms with Crippen LogP contribution in [0.2, 0.25) is 0 Å². The van der Waals surface area contributed by atoms with Crippen LogP contribution in [0.3, 0.4) is 0 Å². The number of benzene rings is 1. The molecule has 0 saturated heterocycles. The van der Waals surface area contributed by atoms with Crippen LogP contribution in [0.25, 0.3) is 0 Å². The number of rotatable bonds is 5. The topological polar surface area (TPSA) is 72.1 Å². The molecule has 0 aliphatic carbocycles. The summed E-state index contributed by atoms with van der Waals surface area (Å²) in [4.78, 5) is 6.37. The first-order chi connectivity index (χ1) is 12.2. The van der Waals surface area contributed by atoms with Crippen LogP contribution in [0.4, 0.5) is 0 Å². The summed E-state index contributed by atoms with van der Waals surface area (Å²) < 4.78 is 16.5. The maximum atomic E-state index is 5.64. The van der Waals surface area contributed by atoms with E-state index in [0.717, 1.165) is 40.9 Å². The molecule has 1 N–H and O–H groups in total. The van der Waals surface area contributed by atoms with Crippen molar-refractivity contribution in [1.82, 2.24) is 15.4 Å². The highest BCUT2D eigenvalue weighted by molar-refractivity contribution is 5.79. The lowest BCUT2D eigenvalue weighted by Gasteiger charge is -2.23. The summed E-state index contributed by atoms with van der Waals surface area (Å²) in [6, 6.07) is 7.97. The van der Waals surface area contributed by atoms with Crippen molar-refractivity contribution in [2.75, 3.05) is 27.3 Å². The van der Waals surface area contributed by atoms with Crippen molar-refractivity contribution < 1.29 is 14.0 Å². The Kier molecular flexibility index (Phi) is 5.42. The first kappa shape index (κ1) is 17.1. The quantitative estimate of drug-likeness (QED) is 0.662. The van der Waals surface area contributed by atoms with E-state index in [1.54, 1.807) is 7.05 Å². The van der Waals surface area contributed by atoms with Gasteiger partial charge in [-0.3, -0.25) is 4.99 Å². The Labute approximate surface area is 147 Å². The molecule has 0 radical (unpaired) electrons. The average Bonchev–Trinajstić information content (AvgIpc) is 3.10. The molecule has 0 fully saturated rings. The summed E-state index contributed by atoms with van der Waals surface area (Å²) in [7, 11) is 3.75. The lowest BCUT2D eigenvalue weighted by atomic mass is 10.2. The molecule has 1 aromatic carbocycles. The molecule has 0 saturated carbocycles. The summed E-state index contributed by atoms with van der Waals surface area (Å²) in [6.07, 6.45) is 0.863. The second-order valence-corrected chi connectivity index (χ2v) is 5.87. The van der Waals surface area contributed by atoms with Crippen molar-refractivity contribution in [2.45, 2.75) is 26.4 Å². The van der Waals surface area contributed by atoms with Gasteiger partial charge in [0.25, 0.3) is 0 Å². The minimum atomic E-state index is 0.547. The largest absolute Gasteiger partial charge is 0.486 e. The van der Waals surface area contributed by atoms with Gasteiger partial charge in [0, 0.05) is 26.7 Å². The van der Waals surface area contributed by atoms with Crippen LogP contribution >= 0.6 is 0 Å². The molecule has 0 unspecified atom stereocenters. The lowest BCUT2D eigenvalue weighted by molar-refractivity contribution is 0.171. The summed E-state index contributed by atoms with van der Waals surface area (Å²) in [5.41, 5.74) is 2.08. The standard InChI is InChI=1S/C18H24N4O3/c1-4-14-10-15(25-21-14)11-20-18(19-2)22(3)12-13-5-6-16-17(9-13)24-8-7-23-16/h5-6,9-10H,4,7-8,11-12H2,1-3H3,(H,19,20). The first-order valence-electron chi connectivity index (χ1n) is 8.44. The zero-order chi connectivity index (χ0) is 17.6. The smallest absolute Gasteiger partial charge is 0.194 e. The maximum Gasteiger partial charge on any atom is 0.194 e. The van der Waals surface area contributed by atoms with Gasteiger partial charge in [-0.2, -0.15) is 0 Å². The summed E-state index contributed by atoms with van der Waals surface area (Å²) in [6.45, 7) is 4.49. The van der Waals surface area contributed by atoms with Crippen LogP contribution in [0.5, 0.6) is 11.5 Å². The minimum Gasteiger partial charge on any atom is -0.486 e. The van der Waals surface area contributed by atoms with Crippen molar-refractivity contribution in [3.63, 3.8) is 0 Å². The van der Waals surface area contributed by atoms with Crippen LogP contribution in [-0.4, -0.2) is 43.3 Å². The number of nitrogens with zero attached hydrogens (tertiary/aromatic N) is 3. The molecule has 134 valence electrons. The van der Waals surface area contributed by atoms with Crippen LogP contribution in [-0.2, 0) is 19.5 Å². The Hall–Kier alpha value is -2.70. The molecule has 3 rings (SSSR count). The number of nitrogens with one attached hydrogen (secondary N) is 1. The zero-order valence-electron chi connectivity index (χ0n) is 14.9. The molecule has 1 aliphatic rings. The van der Waals surface area contributed by atoms with Crippen molar-refractivity contribution in [1.29, 1.82) is 0 Å². The van der Waals surface area contributed by atoms with Crippen LogP contribution < -0.4 is 14.8 Å². The van der Waals surface area contributed by atoms with Gasteiger partial charge < -0.3 is 24.2 Å². The number of hydrogen-bond donors (Lipinski definition) is 1. The molecular formula is C18H24N4O3. The monoisotopic (exact) mass is 344 g/mol. The third kappa shape index (κ3) is 4.23. The highest BCUT2D eigenvalue weighted by Gasteiger charge is 2.14. The molecule has 2 heterocycles. The molecule has 0 atom stereocenters. The fourth-order valence-electron chi connectivity index (χ4n) is 2.69. The summed E-state index contributed by atoms with van der Waals surface area (Å²) >= 11 is 0. The van der Waals surface area contributed by atoms with Crippen molar-refractivity contribution in [3.8, 4) is 11.5 Å². The lowest BCUT2D eigenvalue weighted by Crippen LogP contribution is -2.38. The van der Waals surface area contributed by atoms with E-state index in [-0.39, 0.29) is 0 Å². The van der Waals surface area contributed by atoms with Gasteiger partial charge in [-0.25, -0.2) is 0 Å². The molecule has 25 heavy (non-hydrogen) atoms. The number of ether oxygens (including phenoxy) is 2. The van der Waals surface area contributed by atoms with Gasteiger partial charge >= 0.3 is 0 Å². The Morgan fingerprint density at radius 1 is 1.24 bits per heavy atom. The molecule has 7 nitrogen and oxygen atoms in total. The van der Waals surface area contributed by atoms with Crippen molar-refractivity contribution in [3.05, 3.63) is 41.3 Å². The number of guanidine groups is 1. The Morgan fingerprint density at radius 2 is 2.04 bits per heavy atom. The van der Waals surface area contributed by atoms with E-state index < -0.39 is 0 Å². The van der Waals surface area contributed by atoms with E-state index in [4.69, 9.17) is 14.0 Å². The Morgan fingerprint density at radius 3 is 2.76 bits per heavy atom. The minimum absolute atomic E-state index is 0.547. The third-order valence-corrected chi connectivity index (χ3v) is 3.99. The molecule has 0 bridgehead atoms. The van der Waals surface area contributed by atoms with E-state index in [2.05, 4.69) is 22.4 Å². The van der Waals surface area contributed by atoms with E-state index in [1.807, 2.05) is 36.2 Å². The average molecular weight is 344 g/mol. The number of hydrogen-bond acceptors (Lipinski definition) is 5. The first-order valence-corrected chi connectivity index (χ1v) is 8.44. The van der Waals surface area contributed by atoms with Gasteiger partial charge in [-0.05, 0) is 24.1 Å². The van der Waals surface area contributed by atoms with Gasteiger partial charge in [0.15, 0.2) is 23.2 Å². The molecule has 0 amide bonds. The van der Waals surface area contributed by atoms with Gasteiger partial charge in [-0.1, -0.05) is 18.1 Å². The normalized spacial score (nSPS) is 13.6. The molecule has 0 spiro atoms. The second kappa shape index (κ2) is 7.92. The fourth-order valence-corrected chi connectivity index (χ4v) is 2.69. The molecule has 7 heteroatoms. The predicted molar refractivity (Wildman–Crippen MR) is 95.0 cm³/mol. The maximum absolute atomic E-state index is 5.64. The molecular weight excluding hydrogens is 320 g/mol. The Bertz CT molecular complexity index is 742. The van der Waals surface area contributed by atoms with Gasteiger partial charge in [0.05, 0.1) is 12.2 Å². The highest BCUT2D eigenvalue weighted by atomic mass is 16.6. The SMILES string of the molecule is CCc1cc(CNC(=NC)N(C)Cc2ccc3c(c2)OCCO3)on1. The number of aryl methyl sites for hydroxylation is 1. The van der Waals surface area contributed by atoms with Crippen LogP contribution in [0.1, 0.15) is 23.9 Å². The van der Waals surface area contributed by atoms with Gasteiger partial charge in [-0.15, -0.1) is 0 Å². The molecule has 2 aromatic rings. The fraction of sp³-hybridized carbons (Fsp3) is 0.444. The third-order valence-electron chi connectivity index (χ3n) is 3.99. The number of fused-ring (bicyclic) bond motifs is 1. The second-order valence-electron chi connectivity index (χ2n) is 5.87. The van der Waals surface area contributed by atoms with Crippen LogP contribution in [0, 0.1) is 0 Å². The van der Waals surface area contributed by atoms with E-state index >= 15 is 0 Å². The number of aromatic nitrogens is 1. The predicted octanol–water partition coefficient (Wildman–Crippen LogP) is 2.22. The van der Waals surface area contributed by atoms with Gasteiger partial charge in [0.1, 0.15) is 13.2 Å². The van der Waals surface area contributed by atoms with E-state index in [0.29, 0.717) is 26.3 Å². The van der Waals surface area contributed by atoms with Crippen molar-refractivity contribution in [2.24, 2.45) is 4.99 Å². The van der Waals surface area contributed by atoms with E-state index in [1.165, 1.54) is 0 Å². The number of aliphatic imine (C=N–C) groups is 1.